The third-order valence-electron chi connectivity index (χ3n) is 3.12. The van der Waals surface area contributed by atoms with Gasteiger partial charge in [0.2, 0.25) is 5.91 Å². The van der Waals surface area contributed by atoms with E-state index in [1.807, 2.05) is 0 Å². The quantitative estimate of drug-likeness (QED) is 0.330. The Hall–Kier alpha value is 0.760. The smallest absolute Gasteiger partial charge is 1.00 e. The fourth-order valence-electron chi connectivity index (χ4n) is 1.95. The van der Waals surface area contributed by atoms with Crippen LogP contribution in [0.4, 0.5) is 0 Å². The number of nitrogens with two attached hydrogens (primary N) is 1. The van der Waals surface area contributed by atoms with Gasteiger partial charge in [-0.2, -0.15) is 0 Å². The second-order valence-corrected chi connectivity index (χ2v) is 5.37. The van der Waals surface area contributed by atoms with Crippen molar-refractivity contribution in [3.05, 3.63) is 0 Å². The topological polar surface area (TPSA) is 43.1 Å². The van der Waals surface area contributed by atoms with Gasteiger partial charge in [0.05, 0.1) is 0 Å². The number of primary amides is 1. The maximum absolute atomic E-state index is 10.7. The third-order valence-corrected chi connectivity index (χ3v) is 3.55. The van der Waals surface area contributed by atoms with Crippen molar-refractivity contribution in [2.24, 2.45) is 5.73 Å². The molecular formula is C14H29ClNNaO. The van der Waals surface area contributed by atoms with E-state index >= 15 is 0 Å². The molecule has 0 bridgehead atoms. The van der Waals surface area contributed by atoms with Crippen LogP contribution in [0.5, 0.6) is 0 Å². The van der Waals surface area contributed by atoms with E-state index in [0.29, 0.717) is 0 Å². The summed E-state index contributed by atoms with van der Waals surface area (Å²) >= 11 is 5.75. The first-order chi connectivity index (χ1) is 8.18. The molecule has 0 fully saturated rings. The van der Waals surface area contributed by atoms with E-state index < -0.39 is 5.38 Å². The fourth-order valence-corrected chi connectivity index (χ4v) is 2.11. The van der Waals surface area contributed by atoms with Gasteiger partial charge in [-0.25, -0.2) is 0 Å². The van der Waals surface area contributed by atoms with E-state index in [4.69, 9.17) is 17.3 Å². The molecule has 0 saturated carbocycles. The molecular weight excluding hydrogens is 257 g/mol. The third kappa shape index (κ3) is 14.8. The molecule has 1 amide bonds. The monoisotopic (exact) mass is 285 g/mol. The van der Waals surface area contributed by atoms with E-state index in [2.05, 4.69) is 6.92 Å². The zero-order valence-corrected chi connectivity index (χ0v) is 15.0. The van der Waals surface area contributed by atoms with Gasteiger partial charge in [0.15, 0.2) is 0 Å². The summed E-state index contributed by atoms with van der Waals surface area (Å²) in [5.74, 6) is -0.386. The van der Waals surface area contributed by atoms with Crippen molar-refractivity contribution in [3.8, 4) is 0 Å². The zero-order chi connectivity index (χ0) is 12.9. The maximum atomic E-state index is 10.7. The van der Waals surface area contributed by atoms with Crippen LogP contribution in [-0.2, 0) is 4.79 Å². The summed E-state index contributed by atoms with van der Waals surface area (Å²) < 4.78 is 0. The van der Waals surface area contributed by atoms with Gasteiger partial charge in [0, 0.05) is 0 Å². The van der Waals surface area contributed by atoms with Crippen molar-refractivity contribution >= 4 is 17.5 Å². The van der Waals surface area contributed by atoms with Crippen LogP contribution < -0.4 is 35.3 Å². The van der Waals surface area contributed by atoms with E-state index in [0.717, 1.165) is 12.8 Å². The molecule has 4 heteroatoms. The van der Waals surface area contributed by atoms with Crippen LogP contribution in [0.1, 0.15) is 79.0 Å². The molecule has 18 heavy (non-hydrogen) atoms. The Labute approximate surface area is 141 Å². The molecule has 0 aromatic heterocycles. The van der Waals surface area contributed by atoms with Crippen molar-refractivity contribution in [3.63, 3.8) is 0 Å². The summed E-state index contributed by atoms with van der Waals surface area (Å²) in [5.41, 5.74) is 5.09. The molecule has 0 aromatic rings. The first-order valence-electron chi connectivity index (χ1n) is 7.12. The number of amides is 1. The molecule has 0 saturated heterocycles. The SMILES string of the molecule is CCCCCCCCCCCCC(Cl)C(N)=O.[H-].[Na+]. The minimum atomic E-state index is -0.468. The number of hydrogen-bond donors (Lipinski definition) is 1. The second kappa shape index (κ2) is 15.8. The van der Waals surface area contributed by atoms with Gasteiger partial charge in [-0.1, -0.05) is 71.1 Å². The number of rotatable bonds is 12. The van der Waals surface area contributed by atoms with Gasteiger partial charge < -0.3 is 7.16 Å². The zero-order valence-electron chi connectivity index (χ0n) is 13.2. The molecule has 0 heterocycles. The predicted molar refractivity (Wildman–Crippen MR) is 76.4 cm³/mol. The van der Waals surface area contributed by atoms with Gasteiger partial charge in [0.1, 0.15) is 5.38 Å². The van der Waals surface area contributed by atoms with E-state index in [-0.39, 0.29) is 36.9 Å². The predicted octanol–water partition coefficient (Wildman–Crippen LogP) is 1.51. The Morgan fingerprint density at radius 1 is 1.00 bits per heavy atom. The molecule has 2 N–H and O–H groups in total. The Kier molecular flexibility index (Phi) is 18.5. The summed E-state index contributed by atoms with van der Waals surface area (Å²) in [6, 6.07) is 0. The van der Waals surface area contributed by atoms with E-state index in [9.17, 15) is 4.79 Å². The average molecular weight is 286 g/mol. The molecule has 0 aliphatic carbocycles. The van der Waals surface area contributed by atoms with Crippen LogP contribution in [-0.4, -0.2) is 11.3 Å². The molecule has 0 spiro atoms. The van der Waals surface area contributed by atoms with E-state index in [1.165, 1.54) is 57.8 Å². The number of alkyl halides is 1. The average Bonchev–Trinajstić information content (AvgIpc) is 2.31. The molecule has 104 valence electrons. The molecule has 0 rings (SSSR count). The Morgan fingerprint density at radius 3 is 1.78 bits per heavy atom. The Morgan fingerprint density at radius 2 is 1.39 bits per heavy atom. The van der Waals surface area contributed by atoms with Gasteiger partial charge in [-0.3, -0.25) is 4.79 Å². The first kappa shape index (κ1) is 21.1. The van der Waals surface area contributed by atoms with Crippen LogP contribution in [0.25, 0.3) is 0 Å². The fraction of sp³-hybridized carbons (Fsp3) is 0.929. The number of carbonyl (C=O) groups excluding carboxylic acids is 1. The summed E-state index contributed by atoms with van der Waals surface area (Å²) in [5, 5.41) is -0.468. The standard InChI is InChI=1S/C14H28ClNO.Na.H/c1-2-3-4-5-6-7-8-9-10-11-12-13(15)14(16)17;;/h13H,2-12H2,1H3,(H2,16,17);;/q;+1;-1. The van der Waals surface area contributed by atoms with Crippen molar-refractivity contribution < 1.29 is 35.8 Å². The molecule has 0 aromatic carbocycles. The summed E-state index contributed by atoms with van der Waals surface area (Å²) in [6.07, 6.45) is 13.7. The molecule has 0 aliphatic heterocycles. The van der Waals surface area contributed by atoms with Crippen molar-refractivity contribution in [2.45, 2.75) is 82.9 Å². The van der Waals surface area contributed by atoms with Gasteiger partial charge in [-0.05, 0) is 6.42 Å². The molecule has 1 atom stereocenters. The minimum absolute atomic E-state index is 0. The van der Waals surface area contributed by atoms with Gasteiger partial charge in [-0.15, -0.1) is 11.6 Å². The minimum Gasteiger partial charge on any atom is -1.00 e. The van der Waals surface area contributed by atoms with Crippen LogP contribution in [0, 0.1) is 0 Å². The first-order valence-corrected chi connectivity index (χ1v) is 7.55. The van der Waals surface area contributed by atoms with E-state index in [1.54, 1.807) is 0 Å². The van der Waals surface area contributed by atoms with Crippen LogP contribution in [0.2, 0.25) is 0 Å². The Bertz CT molecular complexity index is 196. The molecule has 1 unspecified atom stereocenters. The molecule has 0 aliphatic rings. The number of carbonyl (C=O) groups is 1. The van der Waals surface area contributed by atoms with Gasteiger partial charge >= 0.3 is 29.6 Å². The largest absolute Gasteiger partial charge is 1.00 e. The van der Waals surface area contributed by atoms with Crippen LogP contribution in [0.15, 0.2) is 0 Å². The van der Waals surface area contributed by atoms with Crippen molar-refractivity contribution in [1.82, 2.24) is 0 Å². The van der Waals surface area contributed by atoms with Crippen LogP contribution in [0.3, 0.4) is 0 Å². The van der Waals surface area contributed by atoms with Crippen molar-refractivity contribution in [1.29, 1.82) is 0 Å². The molecule has 0 radical (unpaired) electrons. The maximum Gasteiger partial charge on any atom is 1.00 e. The summed E-state index contributed by atoms with van der Waals surface area (Å²) in [4.78, 5) is 10.7. The normalized spacial score (nSPS) is 11.9. The van der Waals surface area contributed by atoms with Gasteiger partial charge in [0.25, 0.3) is 0 Å². The van der Waals surface area contributed by atoms with Crippen molar-refractivity contribution in [2.75, 3.05) is 0 Å². The van der Waals surface area contributed by atoms with Crippen LogP contribution >= 0.6 is 11.6 Å². The second-order valence-electron chi connectivity index (χ2n) is 4.84. The summed E-state index contributed by atoms with van der Waals surface area (Å²) in [7, 11) is 0. The number of unbranched alkanes of at least 4 members (excludes halogenated alkanes) is 9. The molecule has 2 nitrogen and oxygen atoms in total. The summed E-state index contributed by atoms with van der Waals surface area (Å²) in [6.45, 7) is 2.25. The number of halogens is 1. The Balaban J connectivity index is -0.00000128. The number of hydrogen-bond acceptors (Lipinski definition) is 1.